The van der Waals surface area contributed by atoms with Gasteiger partial charge in [-0.3, -0.25) is 14.9 Å². The number of ether oxygens (including phenoxy) is 1. The topological polar surface area (TPSA) is 105 Å². The number of rotatable bonds is 6. The molecule has 0 atom stereocenters. The van der Waals surface area contributed by atoms with Crippen molar-refractivity contribution < 1.29 is 18.8 Å². The normalized spacial score (nSPS) is 9.96. The van der Waals surface area contributed by atoms with Gasteiger partial charge in [0.1, 0.15) is 11.2 Å². The van der Waals surface area contributed by atoms with Crippen LogP contribution in [0.3, 0.4) is 0 Å². The molecular formula is C16H12FN3O4S. The standard InChI is InChI=1S/C16H12FN3O4S/c1-10-6-12(25-9-18)3-4-13(10)19-16(21)8-24-15-7-11(17)2-5-14(15)20(22)23/h2-7H,8H2,1H3,(H,19,21). The van der Waals surface area contributed by atoms with E-state index < -0.39 is 28.9 Å². The second kappa shape index (κ2) is 8.12. The summed E-state index contributed by atoms with van der Waals surface area (Å²) in [6.07, 6.45) is 0. The fourth-order valence-corrected chi connectivity index (χ4v) is 2.45. The maximum Gasteiger partial charge on any atom is 0.311 e. The van der Waals surface area contributed by atoms with Gasteiger partial charge in [0.05, 0.1) is 4.92 Å². The van der Waals surface area contributed by atoms with Crippen LogP contribution in [0.2, 0.25) is 0 Å². The van der Waals surface area contributed by atoms with Crippen molar-refractivity contribution in [2.24, 2.45) is 0 Å². The molecule has 0 fully saturated rings. The third-order valence-corrected chi connectivity index (χ3v) is 3.69. The van der Waals surface area contributed by atoms with E-state index in [1.165, 1.54) is 0 Å². The SMILES string of the molecule is Cc1cc(SC#N)ccc1NC(=O)COc1cc(F)ccc1[N+](=O)[O-]. The van der Waals surface area contributed by atoms with Crippen molar-refractivity contribution in [1.29, 1.82) is 5.26 Å². The molecule has 0 unspecified atom stereocenters. The first-order chi connectivity index (χ1) is 11.9. The molecule has 0 aromatic heterocycles. The lowest BCUT2D eigenvalue weighted by Crippen LogP contribution is -2.21. The smallest absolute Gasteiger partial charge is 0.311 e. The largest absolute Gasteiger partial charge is 0.477 e. The zero-order valence-corrected chi connectivity index (χ0v) is 13.8. The Morgan fingerprint density at radius 3 is 2.80 bits per heavy atom. The van der Waals surface area contributed by atoms with Crippen molar-refractivity contribution in [2.45, 2.75) is 11.8 Å². The van der Waals surface area contributed by atoms with E-state index >= 15 is 0 Å². The summed E-state index contributed by atoms with van der Waals surface area (Å²) >= 11 is 0.999. The number of nitro benzene ring substituents is 1. The highest BCUT2D eigenvalue weighted by Gasteiger charge is 2.17. The monoisotopic (exact) mass is 361 g/mol. The predicted molar refractivity (Wildman–Crippen MR) is 89.8 cm³/mol. The Morgan fingerprint density at radius 1 is 1.40 bits per heavy atom. The zero-order valence-electron chi connectivity index (χ0n) is 13.0. The Morgan fingerprint density at radius 2 is 2.16 bits per heavy atom. The molecule has 2 aromatic rings. The number of halogens is 1. The van der Waals surface area contributed by atoms with Crippen molar-refractivity contribution >= 4 is 29.0 Å². The minimum absolute atomic E-state index is 0.322. The van der Waals surface area contributed by atoms with Crippen LogP contribution in [-0.2, 0) is 4.79 Å². The average molecular weight is 361 g/mol. The number of nitriles is 1. The molecule has 9 heteroatoms. The summed E-state index contributed by atoms with van der Waals surface area (Å²) < 4.78 is 18.3. The second-order valence-corrected chi connectivity index (χ2v) is 5.73. The van der Waals surface area contributed by atoms with Crippen LogP contribution in [0.1, 0.15) is 5.56 Å². The van der Waals surface area contributed by atoms with Crippen LogP contribution in [0.25, 0.3) is 0 Å². The number of nitrogens with one attached hydrogen (secondary N) is 1. The first kappa shape index (κ1) is 18.2. The molecule has 0 spiro atoms. The Hall–Kier alpha value is -3.12. The van der Waals surface area contributed by atoms with Crippen LogP contribution >= 0.6 is 11.8 Å². The van der Waals surface area contributed by atoms with Gasteiger partial charge < -0.3 is 10.1 Å². The summed E-state index contributed by atoms with van der Waals surface area (Å²) in [7, 11) is 0. The zero-order chi connectivity index (χ0) is 18.4. The van der Waals surface area contributed by atoms with E-state index in [2.05, 4.69) is 5.32 Å². The van der Waals surface area contributed by atoms with Crippen LogP contribution in [0, 0.1) is 33.5 Å². The molecule has 128 valence electrons. The van der Waals surface area contributed by atoms with Gasteiger partial charge in [-0.2, -0.15) is 5.26 Å². The van der Waals surface area contributed by atoms with E-state index in [0.717, 1.165) is 40.4 Å². The molecule has 1 amide bonds. The first-order valence-electron chi connectivity index (χ1n) is 6.94. The molecule has 25 heavy (non-hydrogen) atoms. The Kier molecular flexibility index (Phi) is 5.92. The summed E-state index contributed by atoms with van der Waals surface area (Å²) in [5.41, 5.74) is 0.832. The summed E-state index contributed by atoms with van der Waals surface area (Å²) in [6.45, 7) is 1.24. The predicted octanol–water partition coefficient (Wildman–Crippen LogP) is 3.63. The van der Waals surface area contributed by atoms with Crippen LogP contribution in [0.4, 0.5) is 15.8 Å². The van der Waals surface area contributed by atoms with E-state index in [4.69, 9.17) is 10.00 Å². The number of hydrogen-bond acceptors (Lipinski definition) is 6. The number of hydrogen-bond donors (Lipinski definition) is 1. The van der Waals surface area contributed by atoms with Gasteiger partial charge in [0.15, 0.2) is 6.61 Å². The van der Waals surface area contributed by atoms with Gasteiger partial charge >= 0.3 is 5.69 Å². The molecule has 0 heterocycles. The molecule has 7 nitrogen and oxygen atoms in total. The van der Waals surface area contributed by atoms with Crippen molar-refractivity contribution in [3.05, 3.63) is 57.9 Å². The van der Waals surface area contributed by atoms with Crippen molar-refractivity contribution in [1.82, 2.24) is 0 Å². The molecule has 0 bridgehead atoms. The fourth-order valence-electron chi connectivity index (χ4n) is 1.98. The molecule has 2 rings (SSSR count). The number of nitro groups is 1. The average Bonchev–Trinajstić information content (AvgIpc) is 2.55. The Labute approximate surface area is 146 Å². The maximum absolute atomic E-state index is 13.2. The summed E-state index contributed by atoms with van der Waals surface area (Å²) in [5.74, 6) is -1.58. The van der Waals surface area contributed by atoms with Crippen LogP contribution in [-0.4, -0.2) is 17.4 Å². The van der Waals surface area contributed by atoms with Gasteiger partial charge in [-0.15, -0.1) is 0 Å². The Balaban J connectivity index is 2.03. The number of carbonyl (C=O) groups is 1. The number of amides is 1. The quantitative estimate of drug-likeness (QED) is 0.364. The van der Waals surface area contributed by atoms with Gasteiger partial charge in [0.25, 0.3) is 5.91 Å². The Bertz CT molecular complexity index is 867. The minimum atomic E-state index is -0.720. The van der Waals surface area contributed by atoms with E-state index in [9.17, 15) is 19.3 Å². The number of benzene rings is 2. The van der Waals surface area contributed by atoms with E-state index in [0.29, 0.717) is 5.69 Å². The van der Waals surface area contributed by atoms with Crippen molar-refractivity contribution in [3.8, 4) is 11.2 Å². The van der Waals surface area contributed by atoms with Gasteiger partial charge in [-0.25, -0.2) is 4.39 Å². The van der Waals surface area contributed by atoms with Gasteiger partial charge in [0, 0.05) is 22.7 Å². The molecule has 0 aliphatic carbocycles. The van der Waals surface area contributed by atoms with Gasteiger partial charge in [0.2, 0.25) is 5.75 Å². The number of anilines is 1. The highest BCUT2D eigenvalue weighted by atomic mass is 32.2. The molecule has 2 aromatic carbocycles. The molecule has 0 aliphatic rings. The molecule has 0 saturated heterocycles. The van der Waals surface area contributed by atoms with E-state index in [1.807, 2.05) is 5.40 Å². The van der Waals surface area contributed by atoms with Crippen LogP contribution < -0.4 is 10.1 Å². The van der Waals surface area contributed by atoms with Crippen LogP contribution in [0.5, 0.6) is 5.75 Å². The minimum Gasteiger partial charge on any atom is -0.477 e. The van der Waals surface area contributed by atoms with E-state index in [1.54, 1.807) is 25.1 Å². The van der Waals surface area contributed by atoms with Gasteiger partial charge in [-0.05, 0) is 48.5 Å². The molecular weight excluding hydrogens is 349 g/mol. The van der Waals surface area contributed by atoms with Crippen LogP contribution in [0.15, 0.2) is 41.3 Å². The number of thiocyanates is 1. The van der Waals surface area contributed by atoms with Gasteiger partial charge in [-0.1, -0.05) is 0 Å². The molecule has 0 radical (unpaired) electrons. The molecule has 1 N–H and O–H groups in total. The molecule has 0 saturated carbocycles. The lowest BCUT2D eigenvalue weighted by atomic mass is 10.2. The highest BCUT2D eigenvalue weighted by molar-refractivity contribution is 8.03. The maximum atomic E-state index is 13.2. The third-order valence-electron chi connectivity index (χ3n) is 3.11. The van der Waals surface area contributed by atoms with Crippen molar-refractivity contribution in [2.75, 3.05) is 11.9 Å². The summed E-state index contributed by atoms with van der Waals surface area (Å²) in [6, 6.07) is 7.81. The summed E-state index contributed by atoms with van der Waals surface area (Å²) in [5, 5.41) is 24.1. The van der Waals surface area contributed by atoms with Crippen molar-refractivity contribution in [3.63, 3.8) is 0 Å². The first-order valence-corrected chi connectivity index (χ1v) is 7.75. The molecule has 0 aliphatic heterocycles. The lowest BCUT2D eigenvalue weighted by Gasteiger charge is -2.10. The lowest BCUT2D eigenvalue weighted by molar-refractivity contribution is -0.385. The second-order valence-electron chi connectivity index (χ2n) is 4.88. The number of aryl methyl sites for hydroxylation is 1. The number of thioether (sulfide) groups is 1. The fraction of sp³-hybridized carbons (Fsp3) is 0.125. The number of nitrogens with zero attached hydrogens (tertiary/aromatic N) is 2. The summed E-state index contributed by atoms with van der Waals surface area (Å²) in [4.78, 5) is 22.9. The third kappa shape index (κ3) is 4.92. The van der Waals surface area contributed by atoms with E-state index in [-0.39, 0.29) is 5.75 Å². The highest BCUT2D eigenvalue weighted by Crippen LogP contribution is 2.27. The number of carbonyl (C=O) groups excluding carboxylic acids is 1.